The van der Waals surface area contributed by atoms with Crippen molar-refractivity contribution in [2.75, 3.05) is 0 Å². The highest BCUT2D eigenvalue weighted by molar-refractivity contribution is 6.12. The molecule has 4 heteroatoms. The van der Waals surface area contributed by atoms with Crippen LogP contribution in [0, 0.1) is 0 Å². The first kappa shape index (κ1) is 32.2. The van der Waals surface area contributed by atoms with Crippen LogP contribution < -0.4 is 0 Å². The molecule has 0 spiro atoms. The summed E-state index contributed by atoms with van der Waals surface area (Å²) >= 11 is 0. The Labute approximate surface area is 319 Å². The fourth-order valence-corrected chi connectivity index (χ4v) is 7.39. The highest BCUT2D eigenvalue weighted by Crippen LogP contribution is 2.39. The van der Waals surface area contributed by atoms with Crippen molar-refractivity contribution in [1.82, 2.24) is 15.0 Å². The average Bonchev–Trinajstić information content (AvgIpc) is 3.66. The first-order chi connectivity index (χ1) is 27.2. The summed E-state index contributed by atoms with van der Waals surface area (Å²) < 4.78 is 6.48. The maximum absolute atomic E-state index is 6.48. The fraction of sp³-hybridized carbons (Fsp3) is 0. The second kappa shape index (κ2) is 13.8. The molecule has 258 valence electrons. The van der Waals surface area contributed by atoms with Gasteiger partial charge in [-0.3, -0.25) is 0 Å². The lowest BCUT2D eigenvalue weighted by molar-refractivity contribution is 0.669. The Kier molecular flexibility index (Phi) is 8.12. The van der Waals surface area contributed by atoms with Crippen LogP contribution in [0.5, 0.6) is 0 Å². The van der Waals surface area contributed by atoms with Gasteiger partial charge in [0.15, 0.2) is 17.5 Å². The van der Waals surface area contributed by atoms with Crippen molar-refractivity contribution in [2.45, 2.75) is 0 Å². The average molecular weight is 704 g/mol. The van der Waals surface area contributed by atoms with E-state index in [4.69, 9.17) is 19.4 Å². The lowest BCUT2D eigenvalue weighted by Crippen LogP contribution is -2.00. The monoisotopic (exact) mass is 703 g/mol. The van der Waals surface area contributed by atoms with E-state index in [1.807, 2.05) is 48.5 Å². The van der Waals surface area contributed by atoms with Crippen LogP contribution in [0.4, 0.5) is 0 Å². The van der Waals surface area contributed by atoms with Crippen molar-refractivity contribution >= 4 is 21.9 Å². The van der Waals surface area contributed by atoms with Crippen molar-refractivity contribution in [3.63, 3.8) is 0 Å². The fourth-order valence-electron chi connectivity index (χ4n) is 7.39. The van der Waals surface area contributed by atoms with Crippen LogP contribution in [0.2, 0.25) is 0 Å². The van der Waals surface area contributed by atoms with E-state index in [-0.39, 0.29) is 0 Å². The van der Waals surface area contributed by atoms with Gasteiger partial charge in [0.05, 0.1) is 0 Å². The maximum atomic E-state index is 6.48. The van der Waals surface area contributed by atoms with Gasteiger partial charge in [0.25, 0.3) is 0 Å². The molecule has 0 atom stereocenters. The number of nitrogens with zero attached hydrogens (tertiary/aromatic N) is 3. The number of rotatable bonds is 7. The van der Waals surface area contributed by atoms with Crippen molar-refractivity contribution in [3.8, 4) is 78.7 Å². The van der Waals surface area contributed by atoms with Crippen LogP contribution in [-0.4, -0.2) is 15.0 Å². The number of hydrogen-bond acceptors (Lipinski definition) is 4. The zero-order chi connectivity index (χ0) is 36.6. The zero-order valence-electron chi connectivity index (χ0n) is 29.8. The number of furan rings is 1. The van der Waals surface area contributed by atoms with E-state index in [2.05, 4.69) is 152 Å². The van der Waals surface area contributed by atoms with E-state index in [1.54, 1.807) is 0 Å². The minimum absolute atomic E-state index is 0.591. The predicted octanol–water partition coefficient (Wildman–Crippen LogP) is 13.4. The number of benzene rings is 8. The third kappa shape index (κ3) is 6.26. The third-order valence-corrected chi connectivity index (χ3v) is 10.1. The second-order valence-corrected chi connectivity index (χ2v) is 13.6. The molecule has 10 rings (SSSR count). The molecular formula is C51H33N3O. The Morgan fingerprint density at radius 1 is 0.273 bits per heavy atom. The van der Waals surface area contributed by atoms with Gasteiger partial charge < -0.3 is 4.42 Å². The van der Waals surface area contributed by atoms with E-state index >= 15 is 0 Å². The van der Waals surface area contributed by atoms with Crippen molar-refractivity contribution in [1.29, 1.82) is 0 Å². The molecule has 0 fully saturated rings. The van der Waals surface area contributed by atoms with Crippen LogP contribution in [0.15, 0.2) is 205 Å². The summed E-state index contributed by atoms with van der Waals surface area (Å²) in [5, 5.41) is 1.98. The molecule has 0 N–H and O–H groups in total. The molecule has 0 aliphatic carbocycles. The first-order valence-corrected chi connectivity index (χ1v) is 18.4. The minimum atomic E-state index is 0.591. The summed E-state index contributed by atoms with van der Waals surface area (Å²) in [5.41, 5.74) is 13.5. The van der Waals surface area contributed by atoms with Crippen LogP contribution >= 0.6 is 0 Å². The number of fused-ring (bicyclic) bond motifs is 3. The quantitative estimate of drug-likeness (QED) is 0.166. The van der Waals surface area contributed by atoms with Crippen LogP contribution in [0.25, 0.3) is 101 Å². The summed E-state index contributed by atoms with van der Waals surface area (Å²) in [5.74, 6) is 1.82. The Morgan fingerprint density at radius 3 is 1.27 bits per heavy atom. The Hall–Kier alpha value is -7.43. The van der Waals surface area contributed by atoms with E-state index in [9.17, 15) is 0 Å². The van der Waals surface area contributed by atoms with E-state index in [0.29, 0.717) is 17.5 Å². The third-order valence-electron chi connectivity index (χ3n) is 10.1. The minimum Gasteiger partial charge on any atom is -0.456 e. The SMILES string of the molecule is c1ccc(-c2cccc(-c3cccc(-c4ccc5oc6cccc(-c7nc(-c8ccccc8)nc(-c8cccc(-c9ccccc9)c8)n7)c6c5c4)c3)c2)cc1. The highest BCUT2D eigenvalue weighted by Gasteiger charge is 2.19. The molecule has 8 aromatic carbocycles. The molecule has 0 aliphatic heterocycles. The zero-order valence-corrected chi connectivity index (χ0v) is 29.8. The van der Waals surface area contributed by atoms with E-state index in [0.717, 1.165) is 66.4 Å². The van der Waals surface area contributed by atoms with Crippen molar-refractivity contribution < 1.29 is 4.42 Å². The predicted molar refractivity (Wildman–Crippen MR) is 225 cm³/mol. The molecule has 0 unspecified atom stereocenters. The summed E-state index contributed by atoms with van der Waals surface area (Å²) in [6.07, 6.45) is 0. The molecule has 0 amide bonds. The molecule has 4 nitrogen and oxygen atoms in total. The van der Waals surface area contributed by atoms with E-state index < -0.39 is 0 Å². The molecule has 2 heterocycles. The van der Waals surface area contributed by atoms with Gasteiger partial charge in [0, 0.05) is 27.5 Å². The topological polar surface area (TPSA) is 51.8 Å². The molecule has 55 heavy (non-hydrogen) atoms. The van der Waals surface area contributed by atoms with Crippen LogP contribution in [-0.2, 0) is 0 Å². The highest BCUT2D eigenvalue weighted by atomic mass is 16.3. The lowest BCUT2D eigenvalue weighted by Gasteiger charge is -2.10. The maximum Gasteiger partial charge on any atom is 0.164 e. The van der Waals surface area contributed by atoms with Gasteiger partial charge in [0.2, 0.25) is 0 Å². The Morgan fingerprint density at radius 2 is 0.691 bits per heavy atom. The molecule has 0 radical (unpaired) electrons. The number of aromatic nitrogens is 3. The molecule has 2 aromatic heterocycles. The molecule has 0 bridgehead atoms. The Bertz CT molecular complexity index is 2970. The first-order valence-electron chi connectivity index (χ1n) is 18.4. The summed E-state index contributed by atoms with van der Waals surface area (Å²) in [6.45, 7) is 0. The van der Waals surface area contributed by atoms with Crippen LogP contribution in [0.1, 0.15) is 0 Å². The van der Waals surface area contributed by atoms with Gasteiger partial charge in [-0.05, 0) is 80.9 Å². The van der Waals surface area contributed by atoms with Gasteiger partial charge in [-0.2, -0.15) is 0 Å². The van der Waals surface area contributed by atoms with Gasteiger partial charge in [-0.15, -0.1) is 0 Å². The standard InChI is InChI=1S/C51H33N3O/c1-4-14-34(15-5-1)37-20-10-22-39(30-37)40-23-11-24-41(31-40)42-28-29-46-45(33-42)48-44(26-13-27-47(48)55-46)51-53-49(36-18-8-3-9-19-36)52-50(54-51)43-25-12-21-38(32-43)35-16-6-2-7-17-35/h1-33H. The number of hydrogen-bond donors (Lipinski definition) is 0. The summed E-state index contributed by atoms with van der Waals surface area (Å²) in [4.78, 5) is 15.3. The molecule has 0 saturated carbocycles. The summed E-state index contributed by atoms with van der Waals surface area (Å²) in [7, 11) is 0. The van der Waals surface area contributed by atoms with Crippen molar-refractivity contribution in [2.24, 2.45) is 0 Å². The molecular weight excluding hydrogens is 671 g/mol. The molecule has 0 saturated heterocycles. The van der Waals surface area contributed by atoms with Crippen molar-refractivity contribution in [3.05, 3.63) is 200 Å². The molecule has 10 aromatic rings. The second-order valence-electron chi connectivity index (χ2n) is 13.6. The lowest BCUT2D eigenvalue weighted by atomic mass is 9.95. The smallest absolute Gasteiger partial charge is 0.164 e. The Balaban J connectivity index is 1.10. The van der Waals surface area contributed by atoms with Crippen LogP contribution in [0.3, 0.4) is 0 Å². The summed E-state index contributed by atoms with van der Waals surface area (Å²) in [6, 6.07) is 69.4. The van der Waals surface area contributed by atoms with Gasteiger partial charge in [-0.1, -0.05) is 164 Å². The van der Waals surface area contributed by atoms with Gasteiger partial charge in [0.1, 0.15) is 11.2 Å². The van der Waals surface area contributed by atoms with E-state index in [1.165, 1.54) is 16.7 Å². The normalized spacial score (nSPS) is 11.3. The molecule has 0 aliphatic rings. The van der Waals surface area contributed by atoms with Gasteiger partial charge >= 0.3 is 0 Å². The van der Waals surface area contributed by atoms with Gasteiger partial charge in [-0.25, -0.2) is 15.0 Å². The largest absolute Gasteiger partial charge is 0.456 e.